The van der Waals surface area contributed by atoms with Crippen LogP contribution >= 0.6 is 11.6 Å². The molecule has 4 nitrogen and oxygen atoms in total. The zero-order chi connectivity index (χ0) is 14.1. The van der Waals surface area contributed by atoms with E-state index < -0.39 is 28.6 Å². The number of alkyl halides is 3. The topological polar surface area (TPSA) is 81.5 Å². The van der Waals surface area contributed by atoms with Crippen LogP contribution in [-0.4, -0.2) is 11.9 Å². The third kappa shape index (κ3) is 3.13. The Labute approximate surface area is 105 Å². The van der Waals surface area contributed by atoms with Crippen LogP contribution < -0.4 is 11.5 Å². The van der Waals surface area contributed by atoms with Gasteiger partial charge in [-0.1, -0.05) is 11.6 Å². The van der Waals surface area contributed by atoms with E-state index in [-0.39, 0.29) is 11.1 Å². The van der Waals surface area contributed by atoms with Crippen molar-refractivity contribution in [2.45, 2.75) is 13.1 Å². The van der Waals surface area contributed by atoms with Crippen molar-refractivity contribution in [3.05, 3.63) is 33.8 Å². The monoisotopic (exact) mass is 279 g/mol. The van der Waals surface area contributed by atoms with Gasteiger partial charge in [-0.05, 0) is 24.6 Å². The summed E-state index contributed by atoms with van der Waals surface area (Å²) in [4.78, 5) is 14.7. The van der Waals surface area contributed by atoms with Crippen molar-refractivity contribution in [3.8, 4) is 0 Å². The molecule has 0 saturated heterocycles. The summed E-state index contributed by atoms with van der Waals surface area (Å²) in [5.41, 5.74) is 8.88. The number of nitrogens with two attached hydrogens (primary N) is 2. The van der Waals surface area contributed by atoms with Gasteiger partial charge in [-0.2, -0.15) is 18.2 Å². The van der Waals surface area contributed by atoms with E-state index in [1.165, 1.54) is 6.92 Å². The maximum Gasteiger partial charge on any atom is 0.417 e. The fourth-order valence-corrected chi connectivity index (χ4v) is 1.62. The number of rotatable bonds is 1. The second kappa shape index (κ2) is 4.85. The first kappa shape index (κ1) is 14.3. The summed E-state index contributed by atoms with van der Waals surface area (Å²) in [7, 11) is 0. The molecular weight excluding hydrogens is 271 g/mol. The minimum atomic E-state index is -4.65. The molecule has 0 aliphatic heterocycles. The minimum Gasteiger partial charge on any atom is -0.370 e. The number of amides is 1. The molecule has 0 spiro atoms. The molecule has 18 heavy (non-hydrogen) atoms. The summed E-state index contributed by atoms with van der Waals surface area (Å²) >= 11 is 5.48. The Kier molecular flexibility index (Phi) is 3.85. The van der Waals surface area contributed by atoms with Crippen molar-refractivity contribution >= 4 is 23.5 Å². The molecule has 0 atom stereocenters. The number of hydrogen-bond acceptors (Lipinski definition) is 1. The normalized spacial score (nSPS) is 11.2. The van der Waals surface area contributed by atoms with Gasteiger partial charge in [0.25, 0.3) is 5.91 Å². The lowest BCUT2D eigenvalue weighted by Gasteiger charge is -2.11. The van der Waals surface area contributed by atoms with Crippen molar-refractivity contribution in [1.82, 2.24) is 0 Å². The molecule has 4 N–H and O–H groups in total. The lowest BCUT2D eigenvalue weighted by atomic mass is 10.0. The summed E-state index contributed by atoms with van der Waals surface area (Å²) in [6.45, 7) is 1.43. The van der Waals surface area contributed by atoms with E-state index in [2.05, 4.69) is 4.99 Å². The third-order valence-corrected chi connectivity index (χ3v) is 2.39. The molecule has 0 heterocycles. The molecule has 1 rings (SSSR count). The Balaban J connectivity index is 3.39. The van der Waals surface area contributed by atoms with Gasteiger partial charge in [0, 0.05) is 5.56 Å². The molecule has 0 bridgehead atoms. The standard InChI is InChI=1S/C10H9ClF3N3O/c1-4-2-7(11)6(10(12,13)14)3-5(4)8(18)17-9(15)16/h2-3H,1H3,(H4,15,16,17,18). The van der Waals surface area contributed by atoms with Gasteiger partial charge in [0.2, 0.25) is 0 Å². The number of benzene rings is 1. The number of nitrogens with zero attached hydrogens (tertiary/aromatic N) is 1. The van der Waals surface area contributed by atoms with E-state index >= 15 is 0 Å². The molecule has 1 aromatic rings. The number of carbonyl (C=O) groups excluding carboxylic acids is 1. The Hall–Kier alpha value is -1.76. The molecule has 1 amide bonds. The van der Waals surface area contributed by atoms with Gasteiger partial charge in [-0.25, -0.2) is 0 Å². The highest BCUT2D eigenvalue weighted by Gasteiger charge is 2.34. The van der Waals surface area contributed by atoms with Crippen molar-refractivity contribution < 1.29 is 18.0 Å². The van der Waals surface area contributed by atoms with Crippen LogP contribution in [-0.2, 0) is 6.18 Å². The van der Waals surface area contributed by atoms with Gasteiger partial charge in [-0.3, -0.25) is 4.79 Å². The summed E-state index contributed by atoms with van der Waals surface area (Å²) in [5.74, 6) is -1.47. The molecule has 0 unspecified atom stereocenters. The molecule has 0 radical (unpaired) electrons. The zero-order valence-electron chi connectivity index (χ0n) is 9.18. The van der Waals surface area contributed by atoms with Gasteiger partial charge in [0.1, 0.15) is 0 Å². The van der Waals surface area contributed by atoms with Crippen LogP contribution in [0.15, 0.2) is 17.1 Å². The highest BCUT2D eigenvalue weighted by molar-refractivity contribution is 6.31. The predicted molar refractivity (Wildman–Crippen MR) is 61.3 cm³/mol. The second-order valence-electron chi connectivity index (χ2n) is 3.49. The molecule has 0 aliphatic carbocycles. The van der Waals surface area contributed by atoms with Crippen LogP contribution in [0.5, 0.6) is 0 Å². The van der Waals surface area contributed by atoms with Gasteiger partial charge >= 0.3 is 6.18 Å². The first-order chi connectivity index (χ1) is 8.12. The van der Waals surface area contributed by atoms with Crippen LogP contribution in [0.2, 0.25) is 5.02 Å². The highest BCUT2D eigenvalue weighted by Crippen LogP contribution is 2.36. The number of halogens is 4. The lowest BCUT2D eigenvalue weighted by molar-refractivity contribution is -0.137. The quantitative estimate of drug-likeness (QED) is 0.610. The second-order valence-corrected chi connectivity index (χ2v) is 3.89. The molecule has 0 aromatic heterocycles. The van der Waals surface area contributed by atoms with Crippen LogP contribution in [0.25, 0.3) is 0 Å². The summed E-state index contributed by atoms with van der Waals surface area (Å²) in [6.07, 6.45) is -4.65. The average Bonchev–Trinajstić information content (AvgIpc) is 2.13. The zero-order valence-corrected chi connectivity index (χ0v) is 9.93. The van der Waals surface area contributed by atoms with E-state index in [9.17, 15) is 18.0 Å². The van der Waals surface area contributed by atoms with Crippen LogP contribution in [0, 0.1) is 6.92 Å². The fourth-order valence-electron chi connectivity index (χ4n) is 1.30. The lowest BCUT2D eigenvalue weighted by Crippen LogP contribution is -2.24. The first-order valence-corrected chi connectivity index (χ1v) is 5.02. The van der Waals surface area contributed by atoms with E-state index in [0.29, 0.717) is 6.07 Å². The number of hydrogen-bond donors (Lipinski definition) is 2. The third-order valence-electron chi connectivity index (χ3n) is 2.08. The number of aliphatic imine (C=N–C) groups is 1. The van der Waals surface area contributed by atoms with E-state index in [0.717, 1.165) is 6.07 Å². The molecule has 0 fully saturated rings. The van der Waals surface area contributed by atoms with Crippen LogP contribution in [0.3, 0.4) is 0 Å². The largest absolute Gasteiger partial charge is 0.417 e. The van der Waals surface area contributed by atoms with Crippen LogP contribution in [0.4, 0.5) is 13.2 Å². The van der Waals surface area contributed by atoms with E-state index in [4.69, 9.17) is 23.1 Å². The Morgan fingerprint density at radius 1 is 1.33 bits per heavy atom. The summed E-state index contributed by atoms with van der Waals surface area (Å²) in [5, 5.41) is -0.485. The molecule has 98 valence electrons. The molecule has 8 heteroatoms. The number of guanidine groups is 1. The van der Waals surface area contributed by atoms with E-state index in [1.54, 1.807) is 0 Å². The van der Waals surface area contributed by atoms with E-state index in [1.807, 2.05) is 0 Å². The average molecular weight is 280 g/mol. The van der Waals surface area contributed by atoms with Crippen molar-refractivity contribution in [3.63, 3.8) is 0 Å². The smallest absolute Gasteiger partial charge is 0.370 e. The SMILES string of the molecule is Cc1cc(Cl)c(C(F)(F)F)cc1C(=O)N=C(N)N. The summed E-state index contributed by atoms with van der Waals surface area (Å²) in [6, 6.07) is 1.67. The molecule has 1 aromatic carbocycles. The Bertz CT molecular complexity index is 522. The van der Waals surface area contributed by atoms with Gasteiger partial charge in [0.15, 0.2) is 5.96 Å². The predicted octanol–water partition coefficient (Wildman–Crippen LogP) is 2.08. The Morgan fingerprint density at radius 3 is 2.33 bits per heavy atom. The van der Waals surface area contributed by atoms with Crippen molar-refractivity contribution in [1.29, 1.82) is 0 Å². The van der Waals surface area contributed by atoms with Crippen LogP contribution in [0.1, 0.15) is 21.5 Å². The first-order valence-electron chi connectivity index (χ1n) is 4.64. The molecule has 0 aliphatic rings. The highest BCUT2D eigenvalue weighted by atomic mass is 35.5. The Morgan fingerprint density at radius 2 is 1.89 bits per heavy atom. The molecule has 0 saturated carbocycles. The van der Waals surface area contributed by atoms with Gasteiger partial charge in [-0.15, -0.1) is 0 Å². The maximum absolute atomic E-state index is 12.6. The fraction of sp³-hybridized carbons (Fsp3) is 0.200. The minimum absolute atomic E-state index is 0.250. The van der Waals surface area contributed by atoms with Crippen molar-refractivity contribution in [2.24, 2.45) is 16.5 Å². The maximum atomic E-state index is 12.6. The number of aryl methyl sites for hydroxylation is 1. The molecular formula is C10H9ClF3N3O. The number of carbonyl (C=O) groups is 1. The van der Waals surface area contributed by atoms with Gasteiger partial charge < -0.3 is 11.5 Å². The summed E-state index contributed by atoms with van der Waals surface area (Å²) < 4.78 is 37.8. The van der Waals surface area contributed by atoms with Gasteiger partial charge in [0.05, 0.1) is 10.6 Å². The van der Waals surface area contributed by atoms with Crippen molar-refractivity contribution in [2.75, 3.05) is 0 Å².